The maximum absolute atomic E-state index is 14.3. The van der Waals surface area contributed by atoms with Crippen LogP contribution in [0.3, 0.4) is 0 Å². The molecule has 0 bridgehead atoms. The van der Waals surface area contributed by atoms with Crippen LogP contribution in [0.25, 0.3) is 0 Å². The third kappa shape index (κ3) is 4.00. The summed E-state index contributed by atoms with van der Waals surface area (Å²) in [5.74, 6) is -1.52. The summed E-state index contributed by atoms with van der Waals surface area (Å²) in [5, 5.41) is -0.833. The molecule has 2 aromatic rings. The number of likely N-dealkylation sites (N-methyl/N-ethyl adjacent to an activating group) is 1. The minimum atomic E-state index is -0.679. The Labute approximate surface area is 160 Å². The number of thioether (sulfide) groups is 1. The first-order chi connectivity index (χ1) is 12.9. The lowest BCUT2D eigenvalue weighted by Gasteiger charge is -2.27. The Morgan fingerprint density at radius 3 is 2.74 bits per heavy atom. The van der Waals surface area contributed by atoms with Crippen molar-refractivity contribution in [3.05, 3.63) is 59.6 Å². The Bertz CT molecular complexity index is 828. The smallest absolute Gasteiger partial charge is 0.289 e. The van der Waals surface area contributed by atoms with Gasteiger partial charge in [-0.3, -0.25) is 9.59 Å². The van der Waals surface area contributed by atoms with E-state index in [1.807, 2.05) is 6.92 Å². The van der Waals surface area contributed by atoms with Gasteiger partial charge in [0.15, 0.2) is 5.76 Å². The molecule has 144 valence electrons. The lowest BCUT2D eigenvalue weighted by Crippen LogP contribution is -2.39. The number of hydrogen-bond donors (Lipinski definition) is 0. The molecule has 1 fully saturated rings. The quantitative estimate of drug-likeness (QED) is 0.750. The zero-order chi connectivity index (χ0) is 19.6. The molecule has 2 heterocycles. The van der Waals surface area contributed by atoms with E-state index < -0.39 is 17.0 Å². The van der Waals surface area contributed by atoms with Crippen LogP contribution in [0.1, 0.15) is 34.8 Å². The van der Waals surface area contributed by atoms with E-state index in [0.29, 0.717) is 6.42 Å². The van der Waals surface area contributed by atoms with Crippen molar-refractivity contribution in [1.82, 2.24) is 9.80 Å². The fourth-order valence-corrected chi connectivity index (χ4v) is 4.43. The molecule has 1 aliphatic rings. The Morgan fingerprint density at radius 2 is 2.11 bits per heavy atom. The van der Waals surface area contributed by atoms with Crippen LogP contribution >= 0.6 is 11.8 Å². The Balaban J connectivity index is 1.76. The van der Waals surface area contributed by atoms with Gasteiger partial charge in [-0.05, 0) is 24.6 Å². The van der Waals surface area contributed by atoms with Gasteiger partial charge in [0.2, 0.25) is 5.91 Å². The zero-order valence-electron chi connectivity index (χ0n) is 15.0. The summed E-state index contributed by atoms with van der Waals surface area (Å²) >= 11 is 1.35. The van der Waals surface area contributed by atoms with Crippen LogP contribution in [0, 0.1) is 11.6 Å². The largest absolute Gasteiger partial charge is 0.459 e. The van der Waals surface area contributed by atoms with Crippen molar-refractivity contribution in [2.24, 2.45) is 0 Å². The van der Waals surface area contributed by atoms with Gasteiger partial charge in [0.05, 0.1) is 11.5 Å². The second-order valence-electron chi connectivity index (χ2n) is 6.29. The molecule has 0 N–H and O–H groups in total. The highest BCUT2D eigenvalue weighted by Crippen LogP contribution is 2.44. The van der Waals surface area contributed by atoms with E-state index in [9.17, 15) is 18.4 Å². The van der Waals surface area contributed by atoms with E-state index in [4.69, 9.17) is 4.42 Å². The molecule has 0 radical (unpaired) electrons. The summed E-state index contributed by atoms with van der Waals surface area (Å²) in [6.45, 7) is 2.40. The number of nitrogens with zero attached hydrogens (tertiary/aromatic N) is 2. The number of halogens is 2. The van der Waals surface area contributed by atoms with Gasteiger partial charge in [-0.1, -0.05) is 13.0 Å². The first-order valence-corrected chi connectivity index (χ1v) is 9.56. The maximum atomic E-state index is 14.3. The first kappa shape index (κ1) is 19.4. The topological polar surface area (TPSA) is 53.8 Å². The Morgan fingerprint density at radius 1 is 1.33 bits per heavy atom. The highest BCUT2D eigenvalue weighted by molar-refractivity contribution is 8.01. The number of furan rings is 1. The average molecular weight is 394 g/mol. The van der Waals surface area contributed by atoms with E-state index in [-0.39, 0.29) is 41.5 Å². The van der Waals surface area contributed by atoms with Crippen LogP contribution in [0.2, 0.25) is 0 Å². The molecule has 1 saturated heterocycles. The van der Waals surface area contributed by atoms with Crippen LogP contribution in [0.5, 0.6) is 0 Å². The van der Waals surface area contributed by atoms with Gasteiger partial charge in [0.25, 0.3) is 5.91 Å². The summed E-state index contributed by atoms with van der Waals surface area (Å²) in [5.41, 5.74) is 0.269. The van der Waals surface area contributed by atoms with Crippen molar-refractivity contribution >= 4 is 23.6 Å². The van der Waals surface area contributed by atoms with Crippen LogP contribution < -0.4 is 0 Å². The standard InChI is InChI=1S/C19H20F2N2O3S/c1-3-16-18(25)23(9-8-22(2)17(24)15-5-4-10-26-15)19(27-16)13-7-6-12(20)11-14(13)21/h4-7,10-11,16,19H,3,8-9H2,1-2H3/t16-,19-/m1/s1. The number of benzene rings is 1. The number of amides is 2. The van der Waals surface area contributed by atoms with Crippen molar-refractivity contribution in [3.8, 4) is 0 Å². The van der Waals surface area contributed by atoms with Crippen molar-refractivity contribution in [3.63, 3.8) is 0 Å². The Hall–Kier alpha value is -2.35. The number of rotatable bonds is 6. The molecule has 8 heteroatoms. The van der Waals surface area contributed by atoms with Crippen LogP contribution in [-0.4, -0.2) is 47.0 Å². The van der Waals surface area contributed by atoms with Crippen LogP contribution in [0.4, 0.5) is 8.78 Å². The summed E-state index contributed by atoms with van der Waals surface area (Å²) in [4.78, 5) is 28.0. The van der Waals surface area contributed by atoms with Gasteiger partial charge < -0.3 is 14.2 Å². The second kappa shape index (κ2) is 8.12. The minimum Gasteiger partial charge on any atom is -0.459 e. The van der Waals surface area contributed by atoms with E-state index >= 15 is 0 Å². The Kier molecular flexibility index (Phi) is 5.84. The minimum absolute atomic E-state index is 0.102. The highest BCUT2D eigenvalue weighted by atomic mass is 32.2. The molecule has 1 aliphatic heterocycles. The summed E-state index contributed by atoms with van der Waals surface area (Å²) in [6, 6.07) is 6.58. The van der Waals surface area contributed by atoms with Gasteiger partial charge in [0.1, 0.15) is 17.0 Å². The monoisotopic (exact) mass is 394 g/mol. The second-order valence-corrected chi connectivity index (χ2v) is 7.57. The third-order valence-corrected chi connectivity index (χ3v) is 6.12. The van der Waals surface area contributed by atoms with Crippen molar-refractivity contribution < 1.29 is 22.8 Å². The molecule has 0 unspecified atom stereocenters. The molecule has 0 saturated carbocycles. The predicted octanol–water partition coefficient (Wildman–Crippen LogP) is 3.68. The summed E-state index contributed by atoms with van der Waals surface area (Å²) in [7, 11) is 1.61. The van der Waals surface area contributed by atoms with E-state index in [2.05, 4.69) is 0 Å². The number of carbonyl (C=O) groups excluding carboxylic acids is 2. The molecule has 2 atom stereocenters. The molecular formula is C19H20F2N2O3S. The maximum Gasteiger partial charge on any atom is 0.289 e. The van der Waals surface area contributed by atoms with Crippen molar-refractivity contribution in [1.29, 1.82) is 0 Å². The summed E-state index contributed by atoms with van der Waals surface area (Å²) < 4.78 is 32.6. The number of hydrogen-bond acceptors (Lipinski definition) is 4. The molecule has 2 amide bonds. The molecule has 0 spiro atoms. The van der Waals surface area contributed by atoms with Crippen molar-refractivity contribution in [2.75, 3.05) is 20.1 Å². The van der Waals surface area contributed by atoms with Gasteiger partial charge >= 0.3 is 0 Å². The zero-order valence-corrected chi connectivity index (χ0v) is 15.8. The van der Waals surface area contributed by atoms with Gasteiger partial charge in [-0.25, -0.2) is 8.78 Å². The van der Waals surface area contributed by atoms with Crippen LogP contribution in [0.15, 0.2) is 41.0 Å². The van der Waals surface area contributed by atoms with Crippen LogP contribution in [-0.2, 0) is 4.79 Å². The third-order valence-electron chi connectivity index (χ3n) is 4.49. The molecule has 0 aliphatic carbocycles. The lowest BCUT2D eigenvalue weighted by atomic mass is 10.1. The fraction of sp³-hybridized carbons (Fsp3) is 0.368. The van der Waals surface area contributed by atoms with Gasteiger partial charge in [-0.15, -0.1) is 11.8 Å². The normalized spacial score (nSPS) is 19.6. The van der Waals surface area contributed by atoms with E-state index in [1.165, 1.54) is 35.1 Å². The fourth-order valence-electron chi connectivity index (χ4n) is 2.98. The molecule has 1 aromatic carbocycles. The molecule has 1 aromatic heterocycles. The average Bonchev–Trinajstić information content (AvgIpc) is 3.27. The highest BCUT2D eigenvalue weighted by Gasteiger charge is 2.41. The summed E-state index contributed by atoms with van der Waals surface area (Å²) in [6.07, 6.45) is 2.03. The predicted molar refractivity (Wildman–Crippen MR) is 98.2 cm³/mol. The molecule has 5 nitrogen and oxygen atoms in total. The van der Waals surface area contributed by atoms with Crippen molar-refractivity contribution in [2.45, 2.75) is 24.0 Å². The molecule has 3 rings (SSSR count). The number of carbonyl (C=O) groups is 2. The molecule has 27 heavy (non-hydrogen) atoms. The van der Waals surface area contributed by atoms with Gasteiger partial charge in [0, 0.05) is 31.8 Å². The first-order valence-electron chi connectivity index (χ1n) is 8.62. The molecular weight excluding hydrogens is 374 g/mol. The van der Waals surface area contributed by atoms with Gasteiger partial charge in [-0.2, -0.15) is 0 Å². The lowest BCUT2D eigenvalue weighted by molar-refractivity contribution is -0.130. The van der Waals surface area contributed by atoms with E-state index in [1.54, 1.807) is 24.1 Å². The SMILES string of the molecule is CC[C@H]1S[C@H](c2ccc(F)cc2F)N(CCN(C)C(=O)c2ccco2)C1=O. The van der Waals surface area contributed by atoms with E-state index in [0.717, 1.165) is 6.07 Å².